The summed E-state index contributed by atoms with van der Waals surface area (Å²) in [6.07, 6.45) is 1.12. The molecule has 94 valence electrons. The molecular formula is C13H18FNO2. The number of ketones is 1. The van der Waals surface area contributed by atoms with Gasteiger partial charge in [0.25, 0.3) is 0 Å². The van der Waals surface area contributed by atoms with Gasteiger partial charge in [0.2, 0.25) is 0 Å². The lowest BCUT2D eigenvalue weighted by molar-refractivity contribution is 0.0974. The summed E-state index contributed by atoms with van der Waals surface area (Å²) in [6.45, 7) is 2.55. The minimum Gasteiger partial charge on any atom is -0.494 e. The highest BCUT2D eigenvalue weighted by Gasteiger charge is 2.11. The van der Waals surface area contributed by atoms with E-state index in [1.165, 1.54) is 19.2 Å². The van der Waals surface area contributed by atoms with Crippen molar-refractivity contribution >= 4 is 5.78 Å². The lowest BCUT2D eigenvalue weighted by atomic mass is 10.00. The van der Waals surface area contributed by atoms with Gasteiger partial charge in [0.05, 0.1) is 7.11 Å². The van der Waals surface area contributed by atoms with Crippen LogP contribution in [0.4, 0.5) is 4.39 Å². The summed E-state index contributed by atoms with van der Waals surface area (Å²) < 4.78 is 18.2. The van der Waals surface area contributed by atoms with E-state index in [0.717, 1.165) is 6.42 Å². The van der Waals surface area contributed by atoms with Crippen molar-refractivity contribution in [1.29, 1.82) is 0 Å². The van der Waals surface area contributed by atoms with E-state index >= 15 is 0 Å². The maximum absolute atomic E-state index is 13.4. The van der Waals surface area contributed by atoms with Crippen molar-refractivity contribution in [2.75, 3.05) is 13.7 Å². The molecule has 0 aliphatic heterocycles. The number of rotatable bonds is 6. The standard InChI is InChI=1S/C13H18FNO2/c1-9(8-15)3-5-12(16)10-4-6-13(17-2)11(14)7-10/h4,6-7,9H,3,5,8,15H2,1-2H3. The Hall–Kier alpha value is -1.42. The molecule has 1 aromatic carbocycles. The number of carbonyl (C=O) groups excluding carboxylic acids is 1. The fraction of sp³-hybridized carbons (Fsp3) is 0.462. The van der Waals surface area contributed by atoms with Crippen LogP contribution in [0.5, 0.6) is 5.75 Å². The average Bonchev–Trinajstić information content (AvgIpc) is 2.35. The Morgan fingerprint density at radius 2 is 2.24 bits per heavy atom. The first-order valence-electron chi connectivity index (χ1n) is 5.65. The molecule has 1 rings (SSSR count). The fourth-order valence-corrected chi connectivity index (χ4v) is 1.48. The van der Waals surface area contributed by atoms with E-state index in [4.69, 9.17) is 10.5 Å². The molecule has 3 nitrogen and oxygen atoms in total. The summed E-state index contributed by atoms with van der Waals surface area (Å²) in [5.41, 5.74) is 5.85. The van der Waals surface area contributed by atoms with E-state index in [2.05, 4.69) is 0 Å². The maximum atomic E-state index is 13.4. The third kappa shape index (κ3) is 3.82. The predicted octanol–water partition coefficient (Wildman–Crippen LogP) is 2.39. The zero-order valence-corrected chi connectivity index (χ0v) is 10.2. The molecule has 2 N–H and O–H groups in total. The maximum Gasteiger partial charge on any atom is 0.165 e. The summed E-state index contributed by atoms with van der Waals surface area (Å²) in [6, 6.07) is 4.26. The SMILES string of the molecule is COc1ccc(C(=O)CCC(C)CN)cc1F. The molecule has 1 aromatic rings. The van der Waals surface area contributed by atoms with E-state index in [9.17, 15) is 9.18 Å². The number of hydrogen-bond donors (Lipinski definition) is 1. The Labute approximate surface area is 101 Å². The topological polar surface area (TPSA) is 52.3 Å². The quantitative estimate of drug-likeness (QED) is 0.775. The molecule has 17 heavy (non-hydrogen) atoms. The van der Waals surface area contributed by atoms with Crippen LogP contribution in [0.3, 0.4) is 0 Å². The van der Waals surface area contributed by atoms with Crippen LogP contribution in [0.1, 0.15) is 30.1 Å². The summed E-state index contributed by atoms with van der Waals surface area (Å²) >= 11 is 0. The van der Waals surface area contributed by atoms with Crippen LogP contribution in [0.2, 0.25) is 0 Å². The van der Waals surface area contributed by atoms with Gasteiger partial charge in [0, 0.05) is 12.0 Å². The smallest absolute Gasteiger partial charge is 0.165 e. The van der Waals surface area contributed by atoms with Gasteiger partial charge >= 0.3 is 0 Å². The number of halogens is 1. The summed E-state index contributed by atoms with van der Waals surface area (Å²) in [4.78, 5) is 11.8. The minimum absolute atomic E-state index is 0.0631. The number of Topliss-reactive ketones (excluding diaryl/α,β-unsaturated/α-hetero) is 1. The number of carbonyl (C=O) groups is 1. The first-order valence-corrected chi connectivity index (χ1v) is 5.65. The lowest BCUT2D eigenvalue weighted by Crippen LogP contribution is -2.12. The van der Waals surface area contributed by atoms with E-state index < -0.39 is 5.82 Å². The fourth-order valence-electron chi connectivity index (χ4n) is 1.48. The zero-order chi connectivity index (χ0) is 12.8. The first-order chi connectivity index (χ1) is 8.08. The van der Waals surface area contributed by atoms with Gasteiger partial charge in [-0.3, -0.25) is 4.79 Å². The lowest BCUT2D eigenvalue weighted by Gasteiger charge is -2.08. The molecule has 0 amide bonds. The summed E-state index contributed by atoms with van der Waals surface area (Å²) in [7, 11) is 1.39. The molecule has 0 bridgehead atoms. The average molecular weight is 239 g/mol. The van der Waals surface area contributed by atoms with Crippen molar-refractivity contribution in [2.24, 2.45) is 11.7 Å². The van der Waals surface area contributed by atoms with Gasteiger partial charge in [0.1, 0.15) is 0 Å². The normalized spacial score (nSPS) is 12.2. The van der Waals surface area contributed by atoms with E-state index in [1.807, 2.05) is 6.92 Å². The van der Waals surface area contributed by atoms with Gasteiger partial charge < -0.3 is 10.5 Å². The molecule has 4 heteroatoms. The number of benzene rings is 1. The van der Waals surface area contributed by atoms with Crippen molar-refractivity contribution in [1.82, 2.24) is 0 Å². The van der Waals surface area contributed by atoms with E-state index in [0.29, 0.717) is 24.4 Å². The molecular weight excluding hydrogens is 221 g/mol. The monoisotopic (exact) mass is 239 g/mol. The summed E-state index contributed by atoms with van der Waals surface area (Å²) in [5, 5.41) is 0. The highest BCUT2D eigenvalue weighted by Crippen LogP contribution is 2.19. The molecule has 0 fully saturated rings. The minimum atomic E-state index is -0.509. The van der Waals surface area contributed by atoms with Crippen molar-refractivity contribution in [2.45, 2.75) is 19.8 Å². The molecule has 1 atom stereocenters. The predicted molar refractivity (Wildman–Crippen MR) is 64.7 cm³/mol. The number of nitrogens with two attached hydrogens (primary N) is 1. The van der Waals surface area contributed by atoms with Crippen LogP contribution in [0, 0.1) is 11.7 Å². The third-order valence-corrected chi connectivity index (χ3v) is 2.74. The van der Waals surface area contributed by atoms with Crippen LogP contribution in [-0.2, 0) is 0 Å². The van der Waals surface area contributed by atoms with Crippen LogP contribution < -0.4 is 10.5 Å². The van der Waals surface area contributed by atoms with Crippen molar-refractivity contribution in [3.63, 3.8) is 0 Å². The second-order valence-corrected chi connectivity index (χ2v) is 4.15. The van der Waals surface area contributed by atoms with Gasteiger partial charge in [-0.25, -0.2) is 4.39 Å². The van der Waals surface area contributed by atoms with Crippen LogP contribution in [-0.4, -0.2) is 19.4 Å². The molecule has 0 aliphatic rings. The first kappa shape index (κ1) is 13.6. The van der Waals surface area contributed by atoms with Gasteiger partial charge in [-0.15, -0.1) is 0 Å². The highest BCUT2D eigenvalue weighted by molar-refractivity contribution is 5.96. The van der Waals surface area contributed by atoms with E-state index in [-0.39, 0.29) is 11.5 Å². The molecule has 0 radical (unpaired) electrons. The zero-order valence-electron chi connectivity index (χ0n) is 10.2. The molecule has 0 saturated carbocycles. The van der Waals surface area contributed by atoms with E-state index in [1.54, 1.807) is 6.07 Å². The Morgan fingerprint density at radius 3 is 2.76 bits per heavy atom. The van der Waals surface area contributed by atoms with Crippen LogP contribution >= 0.6 is 0 Å². The Kier molecular flexibility index (Phi) is 5.10. The summed E-state index contributed by atoms with van der Waals surface area (Å²) in [5.74, 6) is -0.115. The molecule has 0 saturated heterocycles. The molecule has 0 aliphatic carbocycles. The Bertz CT molecular complexity index is 393. The van der Waals surface area contributed by atoms with Gasteiger partial charge in [-0.1, -0.05) is 6.92 Å². The van der Waals surface area contributed by atoms with Gasteiger partial charge in [-0.05, 0) is 37.1 Å². The van der Waals surface area contributed by atoms with Crippen molar-refractivity contribution < 1.29 is 13.9 Å². The Morgan fingerprint density at radius 1 is 1.53 bits per heavy atom. The molecule has 1 unspecified atom stereocenters. The van der Waals surface area contributed by atoms with Crippen molar-refractivity contribution in [3.05, 3.63) is 29.6 Å². The Balaban J connectivity index is 2.66. The van der Waals surface area contributed by atoms with Gasteiger partial charge in [-0.2, -0.15) is 0 Å². The molecule has 0 heterocycles. The second-order valence-electron chi connectivity index (χ2n) is 4.15. The van der Waals surface area contributed by atoms with Crippen LogP contribution in [0.15, 0.2) is 18.2 Å². The highest BCUT2D eigenvalue weighted by atomic mass is 19.1. The van der Waals surface area contributed by atoms with Crippen LogP contribution in [0.25, 0.3) is 0 Å². The number of hydrogen-bond acceptors (Lipinski definition) is 3. The molecule has 0 aromatic heterocycles. The number of methoxy groups -OCH3 is 1. The largest absolute Gasteiger partial charge is 0.494 e. The van der Waals surface area contributed by atoms with Crippen molar-refractivity contribution in [3.8, 4) is 5.75 Å². The third-order valence-electron chi connectivity index (χ3n) is 2.74. The van der Waals surface area contributed by atoms with Gasteiger partial charge in [0.15, 0.2) is 17.3 Å². The second kappa shape index (κ2) is 6.35. The number of ether oxygens (including phenoxy) is 1. The molecule has 0 spiro atoms.